The molecule has 0 radical (unpaired) electrons. The molecule has 27 heavy (non-hydrogen) atoms. The van der Waals surface area contributed by atoms with Gasteiger partial charge in [0.05, 0.1) is 12.1 Å². The van der Waals surface area contributed by atoms with E-state index in [1.165, 1.54) is 10.5 Å². The molecule has 3 aliphatic rings. The van der Waals surface area contributed by atoms with Crippen LogP contribution in [0.2, 0.25) is 0 Å². The van der Waals surface area contributed by atoms with E-state index in [4.69, 9.17) is 0 Å². The summed E-state index contributed by atoms with van der Waals surface area (Å²) in [5.74, 6) is 0.133. The van der Waals surface area contributed by atoms with Gasteiger partial charge in [-0.05, 0) is 18.4 Å². The van der Waals surface area contributed by atoms with Gasteiger partial charge in [-0.3, -0.25) is 24.3 Å². The number of piperazine rings is 1. The van der Waals surface area contributed by atoms with Crippen molar-refractivity contribution in [3.8, 4) is 0 Å². The topological polar surface area (TPSA) is 43.9 Å². The van der Waals surface area contributed by atoms with Crippen LogP contribution in [0.4, 0.5) is 0 Å². The van der Waals surface area contributed by atoms with Gasteiger partial charge in [0, 0.05) is 39.1 Å². The second-order valence-electron chi connectivity index (χ2n) is 8.16. The zero-order valence-corrected chi connectivity index (χ0v) is 16.0. The zero-order valence-electron chi connectivity index (χ0n) is 16.0. The molecule has 0 atom stereocenters. The van der Waals surface area contributed by atoms with E-state index >= 15 is 0 Å². The van der Waals surface area contributed by atoms with Crippen LogP contribution in [-0.4, -0.2) is 65.9 Å². The number of carbonyl (C=O) groups excluding carboxylic acids is 2. The van der Waals surface area contributed by atoms with E-state index in [1.807, 2.05) is 6.07 Å². The first-order valence-electron chi connectivity index (χ1n) is 10.2. The summed E-state index contributed by atoms with van der Waals surface area (Å²) in [5, 5.41) is 0. The minimum absolute atomic E-state index is 0.0372. The molecule has 2 saturated heterocycles. The Bertz CT molecular complexity index is 702. The number of carbonyl (C=O) groups is 2. The quantitative estimate of drug-likeness (QED) is 0.751. The lowest BCUT2D eigenvalue weighted by Gasteiger charge is -2.36. The van der Waals surface area contributed by atoms with Gasteiger partial charge in [0.15, 0.2) is 0 Å². The Morgan fingerprint density at radius 3 is 2.30 bits per heavy atom. The third-order valence-electron chi connectivity index (χ3n) is 6.33. The number of benzene rings is 1. The van der Waals surface area contributed by atoms with Crippen molar-refractivity contribution in [2.75, 3.05) is 39.4 Å². The van der Waals surface area contributed by atoms with E-state index in [0.29, 0.717) is 13.1 Å². The molecule has 0 bridgehead atoms. The van der Waals surface area contributed by atoms with Crippen molar-refractivity contribution in [2.45, 2.75) is 32.1 Å². The molecule has 0 unspecified atom stereocenters. The van der Waals surface area contributed by atoms with Crippen LogP contribution >= 0.6 is 0 Å². The summed E-state index contributed by atoms with van der Waals surface area (Å²) < 4.78 is 0. The van der Waals surface area contributed by atoms with Crippen LogP contribution in [0.5, 0.6) is 0 Å². The lowest BCUT2D eigenvalue weighted by atomic mass is 9.85. The average molecular weight is 367 g/mol. The standard InChI is InChI=1S/C22H29N3O2/c26-20-17-22(10-4-5-11-22)21(27)25(20)18-24-15-13-23(14-16-24)12-6-9-19-7-2-1-3-8-19/h1-3,6-9H,4-5,10-18H2/b9-6+. The van der Waals surface area contributed by atoms with Gasteiger partial charge in [-0.25, -0.2) is 0 Å². The molecule has 4 rings (SSSR count). The van der Waals surface area contributed by atoms with Gasteiger partial charge < -0.3 is 0 Å². The molecule has 2 heterocycles. The molecule has 1 spiro atoms. The summed E-state index contributed by atoms with van der Waals surface area (Å²) in [6.45, 7) is 5.17. The summed E-state index contributed by atoms with van der Waals surface area (Å²) >= 11 is 0. The second kappa shape index (κ2) is 7.95. The Labute approximate surface area is 161 Å². The largest absolute Gasteiger partial charge is 0.297 e. The van der Waals surface area contributed by atoms with Gasteiger partial charge in [0.1, 0.15) is 0 Å². The number of amides is 2. The van der Waals surface area contributed by atoms with E-state index in [9.17, 15) is 9.59 Å². The Hall–Kier alpha value is -1.98. The maximum Gasteiger partial charge on any atom is 0.237 e. The molecule has 1 aromatic carbocycles. The first-order valence-corrected chi connectivity index (χ1v) is 10.2. The van der Waals surface area contributed by atoms with Crippen molar-refractivity contribution in [3.63, 3.8) is 0 Å². The number of nitrogens with zero attached hydrogens (tertiary/aromatic N) is 3. The number of hydrogen-bond acceptors (Lipinski definition) is 4. The van der Waals surface area contributed by atoms with E-state index in [1.54, 1.807) is 0 Å². The molecule has 5 nitrogen and oxygen atoms in total. The Balaban J connectivity index is 1.24. The van der Waals surface area contributed by atoms with Crippen molar-refractivity contribution in [3.05, 3.63) is 42.0 Å². The molecule has 144 valence electrons. The normalized spacial score (nSPS) is 23.9. The number of hydrogen-bond donors (Lipinski definition) is 0. The molecule has 1 saturated carbocycles. The molecule has 1 aromatic rings. The van der Waals surface area contributed by atoms with Gasteiger partial charge >= 0.3 is 0 Å². The number of imide groups is 1. The molecule has 2 amide bonds. The van der Waals surface area contributed by atoms with Crippen LogP contribution in [0.25, 0.3) is 6.08 Å². The zero-order chi connectivity index (χ0) is 18.7. The first kappa shape index (κ1) is 18.4. The smallest absolute Gasteiger partial charge is 0.237 e. The maximum atomic E-state index is 12.8. The number of rotatable bonds is 5. The van der Waals surface area contributed by atoms with Crippen molar-refractivity contribution < 1.29 is 9.59 Å². The van der Waals surface area contributed by atoms with Crippen LogP contribution in [0.15, 0.2) is 36.4 Å². The van der Waals surface area contributed by atoms with E-state index < -0.39 is 0 Å². The molecule has 5 heteroatoms. The Morgan fingerprint density at radius 2 is 1.59 bits per heavy atom. The van der Waals surface area contributed by atoms with Gasteiger partial charge in [0.25, 0.3) is 0 Å². The average Bonchev–Trinajstić information content (AvgIpc) is 3.25. The third-order valence-corrected chi connectivity index (χ3v) is 6.33. The Kier molecular flexibility index (Phi) is 5.41. The summed E-state index contributed by atoms with van der Waals surface area (Å²) in [4.78, 5) is 31.4. The highest BCUT2D eigenvalue weighted by Crippen LogP contribution is 2.46. The monoisotopic (exact) mass is 367 g/mol. The van der Waals surface area contributed by atoms with Crippen molar-refractivity contribution in [1.29, 1.82) is 0 Å². The van der Waals surface area contributed by atoms with Crippen molar-refractivity contribution in [1.82, 2.24) is 14.7 Å². The fourth-order valence-electron chi connectivity index (χ4n) is 4.66. The molecule has 3 fully saturated rings. The van der Waals surface area contributed by atoms with E-state index in [0.717, 1.165) is 58.4 Å². The summed E-state index contributed by atoms with van der Waals surface area (Å²) in [6, 6.07) is 10.3. The fraction of sp³-hybridized carbons (Fsp3) is 0.545. The molecular weight excluding hydrogens is 338 g/mol. The van der Waals surface area contributed by atoms with Crippen LogP contribution in [0, 0.1) is 5.41 Å². The van der Waals surface area contributed by atoms with Gasteiger partial charge in [-0.2, -0.15) is 0 Å². The summed E-state index contributed by atoms with van der Waals surface area (Å²) in [6.07, 6.45) is 8.78. The molecule has 2 aliphatic heterocycles. The highest BCUT2D eigenvalue weighted by molar-refractivity contribution is 6.06. The van der Waals surface area contributed by atoms with E-state index in [2.05, 4.69) is 46.2 Å². The third kappa shape index (κ3) is 3.99. The fourth-order valence-corrected chi connectivity index (χ4v) is 4.66. The lowest BCUT2D eigenvalue weighted by molar-refractivity contribution is -0.144. The van der Waals surface area contributed by atoms with Crippen LogP contribution in [-0.2, 0) is 9.59 Å². The van der Waals surface area contributed by atoms with Gasteiger partial charge in [0.2, 0.25) is 11.8 Å². The van der Waals surface area contributed by atoms with Crippen LogP contribution in [0.1, 0.15) is 37.7 Å². The van der Waals surface area contributed by atoms with Crippen molar-refractivity contribution >= 4 is 17.9 Å². The highest BCUT2D eigenvalue weighted by Gasteiger charge is 2.52. The van der Waals surface area contributed by atoms with Crippen LogP contribution in [0.3, 0.4) is 0 Å². The minimum atomic E-state index is -0.346. The predicted molar refractivity (Wildman–Crippen MR) is 106 cm³/mol. The first-order chi connectivity index (χ1) is 13.2. The molecule has 0 aromatic heterocycles. The number of likely N-dealkylation sites (tertiary alicyclic amines) is 1. The van der Waals surface area contributed by atoms with E-state index in [-0.39, 0.29) is 17.2 Å². The molecule has 0 N–H and O–H groups in total. The maximum absolute atomic E-state index is 12.8. The van der Waals surface area contributed by atoms with Gasteiger partial charge in [-0.1, -0.05) is 55.3 Å². The Morgan fingerprint density at radius 1 is 0.926 bits per heavy atom. The lowest BCUT2D eigenvalue weighted by Crippen LogP contribution is -2.51. The minimum Gasteiger partial charge on any atom is -0.297 e. The van der Waals surface area contributed by atoms with Gasteiger partial charge in [-0.15, -0.1) is 0 Å². The second-order valence-corrected chi connectivity index (χ2v) is 8.16. The summed E-state index contributed by atoms with van der Waals surface area (Å²) in [5.41, 5.74) is 0.879. The molecule has 1 aliphatic carbocycles. The van der Waals surface area contributed by atoms with Crippen molar-refractivity contribution in [2.24, 2.45) is 5.41 Å². The summed E-state index contributed by atoms with van der Waals surface area (Å²) in [7, 11) is 0. The SMILES string of the molecule is O=C1CC2(CCCC2)C(=O)N1CN1CCN(C/C=C/c2ccccc2)CC1. The highest BCUT2D eigenvalue weighted by atomic mass is 16.2. The predicted octanol–water partition coefficient (Wildman–Crippen LogP) is 2.59. The van der Waals surface area contributed by atoms with Crippen LogP contribution < -0.4 is 0 Å². The molecular formula is C22H29N3O2.